The van der Waals surface area contributed by atoms with Crippen LogP contribution in [0.4, 0.5) is 0 Å². The van der Waals surface area contributed by atoms with Crippen LogP contribution in [0.25, 0.3) is 11.0 Å². The molecule has 142 valence electrons. The van der Waals surface area contributed by atoms with E-state index in [1.165, 1.54) is 0 Å². The van der Waals surface area contributed by atoms with Crippen molar-refractivity contribution in [3.63, 3.8) is 0 Å². The van der Waals surface area contributed by atoms with Crippen molar-refractivity contribution in [2.45, 2.75) is 36.6 Å². The van der Waals surface area contributed by atoms with Gasteiger partial charge in [-0.1, -0.05) is 31.0 Å². The molecule has 2 aromatic carbocycles. The second kappa shape index (κ2) is 7.53. The number of ether oxygens (including phenoxy) is 1. The summed E-state index contributed by atoms with van der Waals surface area (Å²) in [4.78, 5) is 0.245. The van der Waals surface area contributed by atoms with Crippen LogP contribution in [0.2, 0.25) is 0 Å². The van der Waals surface area contributed by atoms with Crippen LogP contribution >= 0.6 is 11.7 Å². The SMILES string of the molecule is COc1ccc(C2CCCCCN2S(=O)(=O)c2cccc3nsnc23)cc1. The maximum Gasteiger partial charge on any atom is 0.245 e. The maximum atomic E-state index is 13.6. The van der Waals surface area contributed by atoms with E-state index >= 15 is 0 Å². The molecule has 8 heteroatoms. The fourth-order valence-corrected chi connectivity index (χ4v) is 6.08. The van der Waals surface area contributed by atoms with Gasteiger partial charge < -0.3 is 4.74 Å². The third-order valence-corrected chi connectivity index (χ3v) is 7.52. The van der Waals surface area contributed by atoms with E-state index in [1.54, 1.807) is 29.6 Å². The molecule has 6 nitrogen and oxygen atoms in total. The number of hydrogen-bond donors (Lipinski definition) is 0. The van der Waals surface area contributed by atoms with Crippen LogP contribution in [0, 0.1) is 0 Å². The molecular weight excluding hydrogens is 382 g/mol. The Morgan fingerprint density at radius 3 is 2.67 bits per heavy atom. The normalized spacial score (nSPS) is 19.1. The van der Waals surface area contributed by atoms with Crippen LogP contribution in [0.5, 0.6) is 5.75 Å². The van der Waals surface area contributed by atoms with Crippen molar-refractivity contribution in [1.29, 1.82) is 0 Å². The second-order valence-corrected chi connectivity index (χ2v) is 9.03. The molecule has 0 spiro atoms. The van der Waals surface area contributed by atoms with Crippen LogP contribution < -0.4 is 4.74 Å². The molecule has 0 saturated carbocycles. The van der Waals surface area contributed by atoms with E-state index in [2.05, 4.69) is 8.75 Å². The van der Waals surface area contributed by atoms with Crippen molar-refractivity contribution in [1.82, 2.24) is 13.1 Å². The molecule has 0 amide bonds. The zero-order valence-electron chi connectivity index (χ0n) is 15.0. The summed E-state index contributed by atoms with van der Waals surface area (Å²) in [6, 6.07) is 12.7. The van der Waals surface area contributed by atoms with Gasteiger partial charge in [-0.05, 0) is 42.7 Å². The smallest absolute Gasteiger partial charge is 0.245 e. The van der Waals surface area contributed by atoms with Gasteiger partial charge in [0, 0.05) is 6.54 Å². The van der Waals surface area contributed by atoms with Crippen LogP contribution in [-0.2, 0) is 10.0 Å². The minimum atomic E-state index is -3.69. The van der Waals surface area contributed by atoms with E-state index in [1.807, 2.05) is 24.3 Å². The topological polar surface area (TPSA) is 72.4 Å². The van der Waals surface area contributed by atoms with E-state index in [9.17, 15) is 8.42 Å². The van der Waals surface area contributed by atoms with Gasteiger partial charge in [0.1, 0.15) is 21.7 Å². The first-order chi connectivity index (χ1) is 13.1. The van der Waals surface area contributed by atoms with Crippen LogP contribution in [-0.4, -0.2) is 35.1 Å². The summed E-state index contributed by atoms with van der Waals surface area (Å²) in [5, 5.41) is 0. The van der Waals surface area contributed by atoms with Crippen molar-refractivity contribution in [2.75, 3.05) is 13.7 Å². The maximum absolute atomic E-state index is 13.6. The molecule has 1 aliphatic heterocycles. The fraction of sp³-hybridized carbons (Fsp3) is 0.368. The van der Waals surface area contributed by atoms with Crippen molar-refractivity contribution < 1.29 is 13.2 Å². The fourth-order valence-electron chi connectivity index (χ4n) is 3.64. The Morgan fingerprint density at radius 2 is 1.89 bits per heavy atom. The van der Waals surface area contributed by atoms with Gasteiger partial charge in [-0.2, -0.15) is 13.1 Å². The van der Waals surface area contributed by atoms with E-state index < -0.39 is 10.0 Å². The Labute approximate surface area is 163 Å². The van der Waals surface area contributed by atoms with Crippen molar-refractivity contribution >= 4 is 32.8 Å². The lowest BCUT2D eigenvalue weighted by atomic mass is 10.0. The summed E-state index contributed by atoms with van der Waals surface area (Å²) in [5.41, 5.74) is 2.07. The second-order valence-electron chi connectivity index (χ2n) is 6.64. The molecule has 2 heterocycles. The van der Waals surface area contributed by atoms with Gasteiger partial charge in [0.25, 0.3) is 0 Å². The molecule has 4 rings (SSSR count). The van der Waals surface area contributed by atoms with Crippen molar-refractivity contribution in [2.24, 2.45) is 0 Å². The summed E-state index contributed by atoms with van der Waals surface area (Å²) >= 11 is 1.04. The molecule has 1 unspecified atom stereocenters. The number of benzene rings is 2. The highest BCUT2D eigenvalue weighted by Gasteiger charge is 2.35. The standard InChI is InChI=1S/C19H21N3O3S2/c1-25-15-11-9-14(10-12-15)17-7-3-2-4-13-22(17)27(23,24)18-8-5-6-16-19(18)21-26-20-16/h5-6,8-12,17H,2-4,7,13H2,1H3. The van der Waals surface area contributed by atoms with Crippen LogP contribution in [0.15, 0.2) is 47.4 Å². The number of sulfonamides is 1. The minimum Gasteiger partial charge on any atom is -0.497 e. The molecule has 0 radical (unpaired) electrons. The highest BCUT2D eigenvalue weighted by atomic mass is 32.2. The zero-order chi connectivity index (χ0) is 18.9. The molecule has 1 aromatic heterocycles. The number of nitrogens with zero attached hydrogens (tertiary/aromatic N) is 3. The molecule has 0 aliphatic carbocycles. The Kier molecular flexibility index (Phi) is 5.12. The molecule has 0 bridgehead atoms. The molecule has 3 aromatic rings. The minimum absolute atomic E-state index is 0.190. The highest BCUT2D eigenvalue weighted by Crippen LogP contribution is 2.36. The molecule has 1 fully saturated rings. The predicted octanol–water partition coefficient (Wildman–Crippen LogP) is 4.01. The first kappa shape index (κ1) is 18.3. The van der Waals surface area contributed by atoms with Gasteiger partial charge in [-0.15, -0.1) is 0 Å². The molecule has 1 saturated heterocycles. The average molecular weight is 404 g/mol. The van der Waals surface area contributed by atoms with Gasteiger partial charge in [-0.25, -0.2) is 8.42 Å². The van der Waals surface area contributed by atoms with E-state index in [0.717, 1.165) is 48.7 Å². The van der Waals surface area contributed by atoms with E-state index in [0.29, 0.717) is 17.6 Å². The number of hydrogen-bond acceptors (Lipinski definition) is 6. The quantitative estimate of drug-likeness (QED) is 0.658. The first-order valence-electron chi connectivity index (χ1n) is 8.98. The lowest BCUT2D eigenvalue weighted by Gasteiger charge is -2.29. The van der Waals surface area contributed by atoms with E-state index in [4.69, 9.17) is 4.74 Å². The molecule has 1 aliphatic rings. The van der Waals surface area contributed by atoms with Gasteiger partial charge in [0.05, 0.1) is 24.9 Å². The monoisotopic (exact) mass is 403 g/mol. The van der Waals surface area contributed by atoms with Crippen molar-refractivity contribution in [3.05, 3.63) is 48.0 Å². The van der Waals surface area contributed by atoms with Gasteiger partial charge in [0.2, 0.25) is 10.0 Å². The van der Waals surface area contributed by atoms with Gasteiger partial charge in [-0.3, -0.25) is 0 Å². The van der Waals surface area contributed by atoms with Crippen LogP contribution in [0.1, 0.15) is 37.3 Å². The predicted molar refractivity (Wildman–Crippen MR) is 106 cm³/mol. The number of rotatable bonds is 4. The number of methoxy groups -OCH3 is 1. The summed E-state index contributed by atoms with van der Waals surface area (Å²) in [6.07, 6.45) is 3.69. The lowest BCUT2D eigenvalue weighted by molar-refractivity contribution is 0.329. The largest absolute Gasteiger partial charge is 0.497 e. The highest BCUT2D eigenvalue weighted by molar-refractivity contribution is 7.89. The Hall–Kier alpha value is -2.03. The molecule has 27 heavy (non-hydrogen) atoms. The summed E-state index contributed by atoms with van der Waals surface area (Å²) < 4.78 is 42.5. The molecule has 0 N–H and O–H groups in total. The summed E-state index contributed by atoms with van der Waals surface area (Å²) in [5.74, 6) is 0.764. The van der Waals surface area contributed by atoms with Gasteiger partial charge in [0.15, 0.2) is 0 Å². The Morgan fingerprint density at radius 1 is 1.07 bits per heavy atom. The molecular formula is C19H21N3O3S2. The number of fused-ring (bicyclic) bond motifs is 1. The zero-order valence-corrected chi connectivity index (χ0v) is 16.7. The molecule has 1 atom stereocenters. The summed E-state index contributed by atoms with van der Waals surface area (Å²) in [7, 11) is -2.06. The van der Waals surface area contributed by atoms with Crippen LogP contribution in [0.3, 0.4) is 0 Å². The van der Waals surface area contributed by atoms with Gasteiger partial charge >= 0.3 is 0 Å². The Bertz CT molecular complexity index is 1030. The third kappa shape index (κ3) is 3.44. The first-order valence-corrected chi connectivity index (χ1v) is 11.2. The third-order valence-electron chi connectivity index (χ3n) is 5.04. The lowest BCUT2D eigenvalue weighted by Crippen LogP contribution is -2.35. The number of aromatic nitrogens is 2. The summed E-state index contributed by atoms with van der Waals surface area (Å²) in [6.45, 7) is 0.507. The van der Waals surface area contributed by atoms with E-state index in [-0.39, 0.29) is 10.9 Å². The average Bonchev–Trinajstić information content (AvgIpc) is 3.03. The Balaban J connectivity index is 1.78. The van der Waals surface area contributed by atoms with Crippen molar-refractivity contribution in [3.8, 4) is 5.75 Å².